The van der Waals surface area contributed by atoms with E-state index in [1.807, 2.05) is 54.0 Å². The highest BCUT2D eigenvalue weighted by Crippen LogP contribution is 2.30. The zero-order valence-corrected chi connectivity index (χ0v) is 15.6. The van der Waals surface area contributed by atoms with Crippen LogP contribution in [0.5, 0.6) is 5.75 Å². The molecule has 0 saturated carbocycles. The SMILES string of the molecule is COc1ccc(-n2c(-c3ccc(Br)c(S)c3)nc(C=O)c2C)cc1. The molecule has 0 aliphatic heterocycles. The van der Waals surface area contributed by atoms with Crippen molar-refractivity contribution >= 4 is 34.8 Å². The number of rotatable bonds is 4. The minimum absolute atomic E-state index is 0.421. The van der Waals surface area contributed by atoms with E-state index in [1.165, 1.54) is 0 Å². The van der Waals surface area contributed by atoms with Gasteiger partial charge in [0.05, 0.1) is 12.8 Å². The number of ether oxygens (including phenoxy) is 1. The van der Waals surface area contributed by atoms with Gasteiger partial charge in [-0.2, -0.15) is 0 Å². The Bertz CT molecular complexity index is 904. The van der Waals surface area contributed by atoms with Gasteiger partial charge in [-0.1, -0.05) is 6.07 Å². The Morgan fingerprint density at radius 2 is 1.92 bits per heavy atom. The maximum absolute atomic E-state index is 11.4. The average molecular weight is 403 g/mol. The first-order chi connectivity index (χ1) is 11.5. The number of benzene rings is 2. The molecule has 6 heteroatoms. The number of imidazole rings is 1. The van der Waals surface area contributed by atoms with E-state index < -0.39 is 0 Å². The Morgan fingerprint density at radius 3 is 2.50 bits per heavy atom. The Labute approximate surface area is 154 Å². The smallest absolute Gasteiger partial charge is 0.170 e. The van der Waals surface area contributed by atoms with Gasteiger partial charge in [0.1, 0.15) is 17.3 Å². The maximum atomic E-state index is 11.4. The Morgan fingerprint density at radius 1 is 1.21 bits per heavy atom. The number of carbonyl (C=O) groups is 1. The Balaban J connectivity index is 2.21. The molecule has 0 spiro atoms. The molecule has 2 aromatic carbocycles. The van der Waals surface area contributed by atoms with Crippen molar-refractivity contribution in [1.82, 2.24) is 9.55 Å². The second-order valence-electron chi connectivity index (χ2n) is 5.22. The number of methoxy groups -OCH3 is 1. The van der Waals surface area contributed by atoms with E-state index in [1.54, 1.807) is 7.11 Å². The van der Waals surface area contributed by atoms with Crippen LogP contribution in [0.25, 0.3) is 17.1 Å². The summed E-state index contributed by atoms with van der Waals surface area (Å²) >= 11 is 7.89. The second-order valence-corrected chi connectivity index (χ2v) is 6.56. The third-order valence-electron chi connectivity index (χ3n) is 3.79. The number of carbonyl (C=O) groups excluding carboxylic acids is 1. The van der Waals surface area contributed by atoms with Crippen molar-refractivity contribution in [3.8, 4) is 22.8 Å². The lowest BCUT2D eigenvalue weighted by Crippen LogP contribution is -2.00. The highest BCUT2D eigenvalue weighted by molar-refractivity contribution is 9.10. The minimum Gasteiger partial charge on any atom is -0.497 e. The molecular formula is C18H15BrN2O2S. The predicted octanol–water partition coefficient (Wildman–Crippen LogP) is 4.72. The molecule has 1 aromatic heterocycles. The fourth-order valence-corrected chi connectivity index (χ4v) is 2.98. The molecule has 3 aromatic rings. The van der Waals surface area contributed by atoms with Crippen molar-refractivity contribution in [1.29, 1.82) is 0 Å². The first-order valence-electron chi connectivity index (χ1n) is 7.23. The molecule has 3 rings (SSSR count). The first-order valence-corrected chi connectivity index (χ1v) is 8.47. The fraction of sp³-hybridized carbons (Fsp3) is 0.111. The quantitative estimate of drug-likeness (QED) is 0.507. The van der Waals surface area contributed by atoms with Crippen molar-refractivity contribution in [3.05, 3.63) is 58.3 Å². The number of nitrogens with zero attached hydrogens (tertiary/aromatic N) is 2. The van der Waals surface area contributed by atoms with Crippen LogP contribution in [0.4, 0.5) is 0 Å². The second kappa shape index (κ2) is 6.83. The summed E-state index contributed by atoms with van der Waals surface area (Å²) in [6, 6.07) is 13.4. The summed E-state index contributed by atoms with van der Waals surface area (Å²) < 4.78 is 8.07. The van der Waals surface area contributed by atoms with Gasteiger partial charge in [-0.15, -0.1) is 12.6 Å². The summed E-state index contributed by atoms with van der Waals surface area (Å²) in [4.78, 5) is 16.7. The van der Waals surface area contributed by atoms with Crippen LogP contribution in [0, 0.1) is 6.92 Å². The van der Waals surface area contributed by atoms with Crippen LogP contribution in [-0.2, 0) is 0 Å². The monoisotopic (exact) mass is 402 g/mol. The number of halogens is 1. The van der Waals surface area contributed by atoms with Crippen LogP contribution < -0.4 is 4.74 Å². The van der Waals surface area contributed by atoms with Crippen LogP contribution in [-0.4, -0.2) is 22.9 Å². The maximum Gasteiger partial charge on any atom is 0.170 e. The van der Waals surface area contributed by atoms with E-state index in [2.05, 4.69) is 33.5 Å². The lowest BCUT2D eigenvalue weighted by molar-refractivity contribution is 0.111. The van der Waals surface area contributed by atoms with Gasteiger partial charge in [-0.3, -0.25) is 9.36 Å². The molecule has 0 atom stereocenters. The van der Waals surface area contributed by atoms with Crippen LogP contribution in [0.1, 0.15) is 16.2 Å². The van der Waals surface area contributed by atoms with Crippen LogP contribution in [0.15, 0.2) is 51.8 Å². The molecule has 0 radical (unpaired) electrons. The molecule has 0 N–H and O–H groups in total. The highest BCUT2D eigenvalue weighted by atomic mass is 79.9. The van der Waals surface area contributed by atoms with Crippen molar-refractivity contribution in [2.75, 3.05) is 7.11 Å². The number of hydrogen-bond donors (Lipinski definition) is 1. The summed E-state index contributed by atoms with van der Waals surface area (Å²) in [5.74, 6) is 1.47. The van der Waals surface area contributed by atoms with Gasteiger partial charge < -0.3 is 4.74 Å². The number of aldehydes is 1. The lowest BCUT2D eigenvalue weighted by Gasteiger charge is -2.12. The summed E-state index contributed by atoms with van der Waals surface area (Å²) in [7, 11) is 1.63. The summed E-state index contributed by atoms with van der Waals surface area (Å²) in [5.41, 5.74) is 3.00. The molecule has 0 bridgehead atoms. The van der Waals surface area contributed by atoms with Crippen molar-refractivity contribution in [2.24, 2.45) is 0 Å². The van der Waals surface area contributed by atoms with E-state index in [0.717, 1.165) is 38.3 Å². The molecule has 0 unspecified atom stereocenters. The van der Waals surface area contributed by atoms with Crippen molar-refractivity contribution in [3.63, 3.8) is 0 Å². The predicted molar refractivity (Wildman–Crippen MR) is 101 cm³/mol. The molecule has 122 valence electrons. The van der Waals surface area contributed by atoms with Crippen molar-refractivity contribution < 1.29 is 9.53 Å². The Kier molecular flexibility index (Phi) is 4.78. The summed E-state index contributed by atoms with van der Waals surface area (Å²) in [5, 5.41) is 0. The van der Waals surface area contributed by atoms with Gasteiger partial charge in [0, 0.05) is 20.6 Å². The fourth-order valence-electron chi connectivity index (χ4n) is 2.52. The molecule has 0 amide bonds. The molecule has 0 fully saturated rings. The standard InChI is InChI=1S/C18H15BrN2O2S/c1-11-16(10-22)20-18(12-3-8-15(19)17(24)9-12)21(11)13-4-6-14(23-2)7-5-13/h3-10,24H,1-2H3. The highest BCUT2D eigenvalue weighted by Gasteiger charge is 2.17. The minimum atomic E-state index is 0.421. The van der Waals surface area contributed by atoms with Gasteiger partial charge in [-0.05, 0) is 59.3 Å². The molecule has 0 aliphatic carbocycles. The summed E-state index contributed by atoms with van der Waals surface area (Å²) in [6.07, 6.45) is 0.777. The largest absolute Gasteiger partial charge is 0.497 e. The van der Waals surface area contributed by atoms with Gasteiger partial charge in [0.25, 0.3) is 0 Å². The molecule has 0 aliphatic rings. The molecule has 0 saturated heterocycles. The normalized spacial score (nSPS) is 10.7. The van der Waals surface area contributed by atoms with Crippen LogP contribution in [0.3, 0.4) is 0 Å². The first kappa shape index (κ1) is 16.8. The third kappa shape index (κ3) is 2.99. The van der Waals surface area contributed by atoms with E-state index >= 15 is 0 Å². The van der Waals surface area contributed by atoms with E-state index in [-0.39, 0.29) is 0 Å². The number of aromatic nitrogens is 2. The zero-order valence-electron chi connectivity index (χ0n) is 13.2. The number of thiol groups is 1. The topological polar surface area (TPSA) is 44.1 Å². The van der Waals surface area contributed by atoms with Gasteiger partial charge in [0.2, 0.25) is 0 Å². The van der Waals surface area contributed by atoms with Crippen LogP contribution >= 0.6 is 28.6 Å². The summed E-state index contributed by atoms with van der Waals surface area (Å²) in [6.45, 7) is 1.88. The molecule has 4 nitrogen and oxygen atoms in total. The lowest BCUT2D eigenvalue weighted by atomic mass is 10.2. The average Bonchev–Trinajstić information content (AvgIpc) is 2.94. The zero-order chi connectivity index (χ0) is 17.3. The van der Waals surface area contributed by atoms with E-state index in [9.17, 15) is 4.79 Å². The van der Waals surface area contributed by atoms with Crippen molar-refractivity contribution in [2.45, 2.75) is 11.8 Å². The Hall–Kier alpha value is -2.05. The molecule has 1 heterocycles. The number of hydrogen-bond acceptors (Lipinski definition) is 4. The van der Waals surface area contributed by atoms with E-state index in [0.29, 0.717) is 11.5 Å². The van der Waals surface area contributed by atoms with E-state index in [4.69, 9.17) is 4.74 Å². The molecular weight excluding hydrogens is 388 g/mol. The third-order valence-corrected chi connectivity index (χ3v) is 5.16. The van der Waals surface area contributed by atoms with Gasteiger partial charge in [0.15, 0.2) is 6.29 Å². The van der Waals surface area contributed by atoms with Crippen LogP contribution in [0.2, 0.25) is 0 Å². The van der Waals surface area contributed by atoms with Gasteiger partial charge >= 0.3 is 0 Å². The van der Waals surface area contributed by atoms with Gasteiger partial charge in [-0.25, -0.2) is 4.98 Å². The molecule has 24 heavy (non-hydrogen) atoms.